The number of carbonyl (C=O) groups excluding carboxylic acids is 1. The van der Waals surface area contributed by atoms with Gasteiger partial charge in [0.25, 0.3) is 5.91 Å². The second-order valence-electron chi connectivity index (χ2n) is 7.50. The zero-order chi connectivity index (χ0) is 21.1. The molecule has 2 aromatic carbocycles. The topological polar surface area (TPSA) is 82.6 Å². The molecule has 3 aromatic rings. The fraction of sp³-hybridized carbons (Fsp3) is 0.304. The maximum Gasteiger partial charge on any atom is 0.252 e. The molecule has 0 saturated carbocycles. The van der Waals surface area contributed by atoms with Gasteiger partial charge in [0.15, 0.2) is 0 Å². The van der Waals surface area contributed by atoms with E-state index in [1.54, 1.807) is 30.0 Å². The molecule has 30 heavy (non-hydrogen) atoms. The average molecular weight is 406 g/mol. The van der Waals surface area contributed by atoms with E-state index in [-0.39, 0.29) is 0 Å². The molecule has 156 valence electrons. The molecule has 0 unspecified atom stereocenters. The van der Waals surface area contributed by atoms with Crippen molar-refractivity contribution in [3.05, 3.63) is 71.4 Å². The second-order valence-corrected chi connectivity index (χ2v) is 7.50. The molecule has 2 heterocycles. The molecule has 0 aliphatic carbocycles. The summed E-state index contributed by atoms with van der Waals surface area (Å²) in [4.78, 5) is 14.0. The van der Waals surface area contributed by atoms with Gasteiger partial charge in [-0.15, -0.1) is 5.10 Å². The number of rotatable bonds is 7. The minimum absolute atomic E-state index is 0.298. The van der Waals surface area contributed by atoms with Gasteiger partial charge in [0, 0.05) is 25.8 Å². The standard InChI is InChI=1S/C23H26N4O3/c1-26-15-19(23(25-26)29-2)20-7-5-13-27(20)14-16-9-11-17(12-10-16)30-21-8-4-3-6-18(21)22(24)28/h3-4,6,8-12,15,20H,5,7,13-14H2,1-2H3,(H2,24,28)/t20-/m0/s1. The quantitative estimate of drug-likeness (QED) is 0.648. The van der Waals surface area contributed by atoms with Gasteiger partial charge in [-0.1, -0.05) is 24.3 Å². The highest BCUT2D eigenvalue weighted by molar-refractivity contribution is 5.95. The van der Waals surface area contributed by atoms with E-state index in [1.807, 2.05) is 25.2 Å². The number of primary amides is 1. The molecule has 7 nitrogen and oxygen atoms in total. The molecule has 7 heteroatoms. The van der Waals surface area contributed by atoms with Crippen LogP contribution < -0.4 is 15.2 Å². The molecule has 1 fully saturated rings. The molecule has 1 amide bonds. The summed E-state index contributed by atoms with van der Waals surface area (Å²) in [5, 5.41) is 4.40. The first-order chi connectivity index (χ1) is 14.5. The number of nitrogens with two attached hydrogens (primary N) is 1. The van der Waals surface area contributed by atoms with Crippen molar-refractivity contribution >= 4 is 5.91 Å². The van der Waals surface area contributed by atoms with E-state index in [0.717, 1.165) is 31.5 Å². The van der Waals surface area contributed by atoms with Gasteiger partial charge in [-0.25, -0.2) is 0 Å². The van der Waals surface area contributed by atoms with Crippen LogP contribution in [0.3, 0.4) is 0 Å². The Morgan fingerprint density at radius 2 is 1.97 bits per heavy atom. The number of hydrogen-bond acceptors (Lipinski definition) is 5. The van der Waals surface area contributed by atoms with Gasteiger partial charge < -0.3 is 15.2 Å². The third kappa shape index (κ3) is 4.16. The number of nitrogens with zero attached hydrogens (tertiary/aromatic N) is 3. The molecule has 1 aliphatic rings. The van der Waals surface area contributed by atoms with Crippen LogP contribution in [0.15, 0.2) is 54.7 Å². The molecule has 1 atom stereocenters. The summed E-state index contributed by atoms with van der Waals surface area (Å²) >= 11 is 0. The first-order valence-corrected chi connectivity index (χ1v) is 10.0. The van der Waals surface area contributed by atoms with Crippen molar-refractivity contribution in [1.29, 1.82) is 0 Å². The van der Waals surface area contributed by atoms with Crippen molar-refractivity contribution in [2.24, 2.45) is 12.8 Å². The van der Waals surface area contributed by atoms with E-state index < -0.39 is 5.91 Å². The number of amides is 1. The molecule has 2 N–H and O–H groups in total. The van der Waals surface area contributed by atoms with Gasteiger partial charge in [0.2, 0.25) is 5.88 Å². The van der Waals surface area contributed by atoms with Gasteiger partial charge >= 0.3 is 0 Å². The number of carbonyl (C=O) groups is 1. The average Bonchev–Trinajstić information content (AvgIpc) is 3.35. The summed E-state index contributed by atoms with van der Waals surface area (Å²) in [7, 11) is 3.58. The molecule has 0 spiro atoms. The van der Waals surface area contributed by atoms with Crippen LogP contribution in [0.25, 0.3) is 0 Å². The lowest BCUT2D eigenvalue weighted by Gasteiger charge is -2.24. The molecule has 1 saturated heterocycles. The number of likely N-dealkylation sites (tertiary alicyclic amines) is 1. The van der Waals surface area contributed by atoms with Crippen molar-refractivity contribution in [1.82, 2.24) is 14.7 Å². The van der Waals surface area contributed by atoms with E-state index in [9.17, 15) is 4.79 Å². The molecule has 0 radical (unpaired) electrons. The Morgan fingerprint density at radius 1 is 1.20 bits per heavy atom. The minimum Gasteiger partial charge on any atom is -0.480 e. The fourth-order valence-electron chi connectivity index (χ4n) is 4.02. The van der Waals surface area contributed by atoms with Crippen LogP contribution in [0.1, 0.15) is 40.4 Å². The summed E-state index contributed by atoms with van der Waals surface area (Å²) in [6.07, 6.45) is 4.29. The SMILES string of the molecule is COc1nn(C)cc1[C@@H]1CCCN1Cc1ccc(Oc2ccccc2C(N)=O)cc1. The van der Waals surface area contributed by atoms with Gasteiger partial charge in [-0.2, -0.15) is 0 Å². The molecule has 0 bridgehead atoms. The predicted octanol–water partition coefficient (Wildman–Crippen LogP) is 3.66. The van der Waals surface area contributed by atoms with Crippen molar-refractivity contribution < 1.29 is 14.3 Å². The zero-order valence-electron chi connectivity index (χ0n) is 17.2. The molecular formula is C23H26N4O3. The Hall–Kier alpha value is -3.32. The summed E-state index contributed by atoms with van der Waals surface area (Å²) < 4.78 is 13.2. The van der Waals surface area contributed by atoms with Crippen LogP contribution in [-0.2, 0) is 13.6 Å². The number of aryl methyl sites for hydroxylation is 1. The lowest BCUT2D eigenvalue weighted by molar-refractivity contribution is 0.0998. The second kappa shape index (κ2) is 8.59. The summed E-state index contributed by atoms with van der Waals surface area (Å²) in [6, 6.07) is 15.2. The van der Waals surface area contributed by atoms with Crippen molar-refractivity contribution in [2.75, 3.05) is 13.7 Å². The predicted molar refractivity (Wildman–Crippen MR) is 114 cm³/mol. The summed E-state index contributed by atoms with van der Waals surface area (Å²) in [5.74, 6) is 1.32. The largest absolute Gasteiger partial charge is 0.480 e. The zero-order valence-corrected chi connectivity index (χ0v) is 17.2. The molecular weight excluding hydrogens is 380 g/mol. The normalized spacial score (nSPS) is 16.5. The highest BCUT2D eigenvalue weighted by Crippen LogP contribution is 2.37. The molecule has 4 rings (SSSR count). The van der Waals surface area contributed by atoms with Crippen LogP contribution in [0.5, 0.6) is 17.4 Å². The van der Waals surface area contributed by atoms with Crippen LogP contribution in [0.2, 0.25) is 0 Å². The fourth-order valence-corrected chi connectivity index (χ4v) is 4.02. The third-order valence-electron chi connectivity index (χ3n) is 5.43. The van der Waals surface area contributed by atoms with E-state index in [2.05, 4.69) is 28.3 Å². The van der Waals surface area contributed by atoms with Crippen LogP contribution in [-0.4, -0.2) is 34.2 Å². The smallest absolute Gasteiger partial charge is 0.252 e. The Balaban J connectivity index is 1.46. The third-order valence-corrected chi connectivity index (χ3v) is 5.43. The number of benzene rings is 2. The Labute approximate surface area is 176 Å². The van der Waals surface area contributed by atoms with Gasteiger partial charge in [0.1, 0.15) is 11.5 Å². The maximum atomic E-state index is 11.6. The van der Waals surface area contributed by atoms with Gasteiger partial charge in [0.05, 0.1) is 18.2 Å². The Bertz CT molecular complexity index is 1030. The lowest BCUT2D eigenvalue weighted by Crippen LogP contribution is -2.22. The van der Waals surface area contributed by atoms with E-state index in [4.69, 9.17) is 15.2 Å². The Kier molecular flexibility index (Phi) is 5.72. The van der Waals surface area contributed by atoms with E-state index >= 15 is 0 Å². The first kappa shape index (κ1) is 20.0. The number of ether oxygens (including phenoxy) is 2. The number of aromatic nitrogens is 2. The summed E-state index contributed by atoms with van der Waals surface area (Å²) in [6.45, 7) is 1.87. The van der Waals surface area contributed by atoms with Gasteiger partial charge in [-0.3, -0.25) is 14.4 Å². The first-order valence-electron chi connectivity index (χ1n) is 10.0. The van der Waals surface area contributed by atoms with Crippen LogP contribution in [0.4, 0.5) is 0 Å². The molecule has 1 aromatic heterocycles. The minimum atomic E-state index is -0.506. The van der Waals surface area contributed by atoms with E-state index in [1.165, 1.54) is 5.56 Å². The lowest BCUT2D eigenvalue weighted by atomic mass is 10.1. The van der Waals surface area contributed by atoms with Crippen molar-refractivity contribution in [3.63, 3.8) is 0 Å². The highest BCUT2D eigenvalue weighted by Gasteiger charge is 2.30. The number of para-hydroxylation sites is 1. The van der Waals surface area contributed by atoms with Crippen molar-refractivity contribution in [3.8, 4) is 17.4 Å². The van der Waals surface area contributed by atoms with Crippen LogP contribution in [0, 0.1) is 0 Å². The van der Waals surface area contributed by atoms with Crippen molar-refractivity contribution in [2.45, 2.75) is 25.4 Å². The molecule has 1 aliphatic heterocycles. The maximum absolute atomic E-state index is 11.6. The Morgan fingerprint density at radius 3 is 2.70 bits per heavy atom. The number of hydrogen-bond donors (Lipinski definition) is 1. The van der Waals surface area contributed by atoms with Crippen LogP contribution >= 0.6 is 0 Å². The number of methoxy groups -OCH3 is 1. The van der Waals surface area contributed by atoms with Gasteiger partial charge in [-0.05, 0) is 49.2 Å². The van der Waals surface area contributed by atoms with E-state index in [0.29, 0.717) is 29.0 Å². The highest BCUT2D eigenvalue weighted by atomic mass is 16.5. The monoisotopic (exact) mass is 406 g/mol. The summed E-state index contributed by atoms with van der Waals surface area (Å²) in [5.41, 5.74) is 8.13.